The Morgan fingerprint density at radius 3 is 2.59 bits per heavy atom. The van der Waals surface area contributed by atoms with Gasteiger partial charge in [-0.05, 0) is 36.4 Å². The Morgan fingerprint density at radius 2 is 1.85 bits per heavy atom. The summed E-state index contributed by atoms with van der Waals surface area (Å²) in [6, 6.07) is 15.7. The Morgan fingerprint density at radius 1 is 1.07 bits per heavy atom. The summed E-state index contributed by atoms with van der Waals surface area (Å²) in [4.78, 5) is 22.8. The molecule has 2 aromatic carbocycles. The lowest BCUT2D eigenvalue weighted by molar-refractivity contribution is 0.102. The van der Waals surface area contributed by atoms with E-state index in [1.165, 1.54) is 11.3 Å². The molecular weight excluding hydrogens is 394 g/mol. The van der Waals surface area contributed by atoms with Gasteiger partial charge in [0.25, 0.3) is 5.91 Å². The van der Waals surface area contributed by atoms with Crippen LogP contribution in [-0.2, 0) is 0 Å². The summed E-state index contributed by atoms with van der Waals surface area (Å²) in [7, 11) is 0. The van der Waals surface area contributed by atoms with Gasteiger partial charge in [0.2, 0.25) is 0 Å². The van der Waals surface area contributed by atoms with E-state index in [0.29, 0.717) is 15.9 Å². The van der Waals surface area contributed by atoms with Gasteiger partial charge in [0, 0.05) is 21.1 Å². The van der Waals surface area contributed by atoms with Crippen molar-refractivity contribution in [2.75, 3.05) is 5.32 Å². The highest BCUT2D eigenvalue weighted by Crippen LogP contribution is 2.32. The number of amides is 1. The van der Waals surface area contributed by atoms with Crippen LogP contribution in [0.25, 0.3) is 20.9 Å². The second-order valence-corrected chi connectivity index (χ2v) is 9.71. The number of carbonyl (C=O) groups excluding carboxylic acids is 1. The van der Waals surface area contributed by atoms with Crippen LogP contribution in [0, 0.1) is 0 Å². The lowest BCUT2D eigenvalue weighted by atomic mass is 10.2. The van der Waals surface area contributed by atoms with Crippen molar-refractivity contribution >= 4 is 55.7 Å². The molecular formula is C20H17N3OS3. The van der Waals surface area contributed by atoms with Gasteiger partial charge < -0.3 is 0 Å². The van der Waals surface area contributed by atoms with Gasteiger partial charge in [-0.3, -0.25) is 10.1 Å². The molecule has 0 aliphatic carbocycles. The number of rotatable bonds is 5. The maximum absolute atomic E-state index is 12.5. The Hall–Kier alpha value is -2.22. The fourth-order valence-electron chi connectivity index (χ4n) is 2.54. The summed E-state index contributed by atoms with van der Waals surface area (Å²) in [6.45, 7) is 4.30. The van der Waals surface area contributed by atoms with Crippen molar-refractivity contribution in [2.45, 2.75) is 24.0 Å². The number of hydrogen-bond acceptors (Lipinski definition) is 6. The maximum Gasteiger partial charge on any atom is 0.257 e. The average molecular weight is 412 g/mol. The molecule has 0 radical (unpaired) electrons. The molecule has 4 rings (SSSR count). The second kappa shape index (κ2) is 7.80. The Bertz CT molecular complexity index is 1050. The van der Waals surface area contributed by atoms with Crippen LogP contribution in [0.1, 0.15) is 24.2 Å². The molecule has 4 aromatic rings. The summed E-state index contributed by atoms with van der Waals surface area (Å²) in [5.74, 6) is -0.152. The fraction of sp³-hybridized carbons (Fsp3) is 0.150. The van der Waals surface area contributed by atoms with E-state index in [9.17, 15) is 4.79 Å². The topological polar surface area (TPSA) is 54.9 Å². The minimum atomic E-state index is -0.152. The largest absolute Gasteiger partial charge is 0.298 e. The molecule has 0 aliphatic rings. The number of para-hydroxylation sites is 1. The van der Waals surface area contributed by atoms with E-state index < -0.39 is 0 Å². The van der Waals surface area contributed by atoms with Crippen LogP contribution in [-0.4, -0.2) is 21.1 Å². The van der Waals surface area contributed by atoms with Gasteiger partial charge in [0.1, 0.15) is 10.7 Å². The van der Waals surface area contributed by atoms with Crippen LogP contribution < -0.4 is 5.32 Å². The van der Waals surface area contributed by atoms with Gasteiger partial charge in [-0.15, -0.1) is 34.4 Å². The summed E-state index contributed by atoms with van der Waals surface area (Å²) in [5, 5.41) is 6.76. The quantitative estimate of drug-likeness (QED) is 0.399. The van der Waals surface area contributed by atoms with E-state index in [-0.39, 0.29) is 5.91 Å². The zero-order chi connectivity index (χ0) is 18.8. The molecule has 1 amide bonds. The minimum Gasteiger partial charge on any atom is -0.298 e. The third-order valence-electron chi connectivity index (χ3n) is 3.73. The summed E-state index contributed by atoms with van der Waals surface area (Å²) in [5.41, 5.74) is 2.38. The van der Waals surface area contributed by atoms with E-state index in [0.717, 1.165) is 25.8 Å². The maximum atomic E-state index is 12.5. The summed E-state index contributed by atoms with van der Waals surface area (Å²) < 4.78 is 1.13. The number of hydrogen-bond donors (Lipinski definition) is 1. The second-order valence-electron chi connectivity index (χ2n) is 6.17. The Labute approximate surface area is 169 Å². The molecule has 0 atom stereocenters. The van der Waals surface area contributed by atoms with Crippen LogP contribution in [0.5, 0.6) is 0 Å². The zero-order valence-corrected chi connectivity index (χ0v) is 17.3. The number of thiazole rings is 2. The monoisotopic (exact) mass is 411 g/mol. The van der Waals surface area contributed by atoms with E-state index >= 15 is 0 Å². The van der Waals surface area contributed by atoms with Crippen molar-refractivity contribution in [3.8, 4) is 10.7 Å². The van der Waals surface area contributed by atoms with Crippen LogP contribution in [0.2, 0.25) is 0 Å². The molecule has 4 nitrogen and oxygen atoms in total. The van der Waals surface area contributed by atoms with E-state index in [2.05, 4.69) is 29.1 Å². The van der Waals surface area contributed by atoms with Crippen molar-refractivity contribution in [3.63, 3.8) is 0 Å². The lowest BCUT2D eigenvalue weighted by Gasteiger charge is -2.06. The first-order valence-electron chi connectivity index (χ1n) is 8.48. The number of fused-ring (bicyclic) bond motifs is 1. The molecule has 7 heteroatoms. The van der Waals surface area contributed by atoms with Gasteiger partial charge in [-0.1, -0.05) is 26.0 Å². The SMILES string of the molecule is CC(C)Sc1ccc(C(=O)Nc2nc(-c3nc4ccccc4s3)cs2)cc1. The lowest BCUT2D eigenvalue weighted by Crippen LogP contribution is -2.11. The molecule has 0 unspecified atom stereocenters. The van der Waals surface area contributed by atoms with Gasteiger partial charge >= 0.3 is 0 Å². The zero-order valence-electron chi connectivity index (χ0n) is 14.8. The first-order chi connectivity index (χ1) is 13.1. The molecule has 27 heavy (non-hydrogen) atoms. The van der Waals surface area contributed by atoms with Crippen molar-refractivity contribution in [1.82, 2.24) is 9.97 Å². The number of nitrogens with one attached hydrogen (secondary N) is 1. The predicted octanol–water partition coefficient (Wildman–Crippen LogP) is 6.17. The van der Waals surface area contributed by atoms with Crippen LogP contribution in [0.4, 0.5) is 5.13 Å². The highest BCUT2D eigenvalue weighted by molar-refractivity contribution is 7.99. The number of thioether (sulfide) groups is 1. The summed E-state index contributed by atoms with van der Waals surface area (Å²) in [6.07, 6.45) is 0. The molecule has 0 aliphatic heterocycles. The smallest absolute Gasteiger partial charge is 0.257 e. The fourth-order valence-corrected chi connectivity index (χ4v) is 5.07. The predicted molar refractivity (Wildman–Crippen MR) is 116 cm³/mol. The Kier molecular flexibility index (Phi) is 5.24. The molecule has 0 saturated heterocycles. The van der Waals surface area contributed by atoms with Gasteiger partial charge in [0.05, 0.1) is 10.2 Å². The van der Waals surface area contributed by atoms with Gasteiger partial charge in [-0.2, -0.15) is 0 Å². The highest BCUT2D eigenvalue weighted by atomic mass is 32.2. The standard InChI is InChI=1S/C20H17N3OS3/c1-12(2)26-14-9-7-13(8-10-14)18(24)23-20-22-16(11-25-20)19-21-15-5-3-4-6-17(15)27-19/h3-12H,1-2H3,(H,22,23,24). The van der Waals surface area contributed by atoms with Crippen molar-refractivity contribution in [2.24, 2.45) is 0 Å². The normalized spacial score (nSPS) is 11.2. The number of nitrogens with zero attached hydrogens (tertiary/aromatic N) is 2. The third-order valence-corrected chi connectivity index (χ3v) is 6.56. The van der Waals surface area contributed by atoms with Gasteiger partial charge in [-0.25, -0.2) is 9.97 Å². The van der Waals surface area contributed by atoms with Gasteiger partial charge in [0.15, 0.2) is 5.13 Å². The number of aromatic nitrogens is 2. The molecule has 2 aromatic heterocycles. The summed E-state index contributed by atoms with van der Waals surface area (Å²) >= 11 is 4.79. The van der Waals surface area contributed by atoms with E-state index in [4.69, 9.17) is 0 Å². The van der Waals surface area contributed by atoms with E-state index in [1.807, 2.05) is 53.9 Å². The molecule has 0 saturated carbocycles. The van der Waals surface area contributed by atoms with Crippen LogP contribution >= 0.6 is 34.4 Å². The highest BCUT2D eigenvalue weighted by Gasteiger charge is 2.13. The van der Waals surface area contributed by atoms with Crippen LogP contribution in [0.3, 0.4) is 0 Å². The number of anilines is 1. The molecule has 0 spiro atoms. The molecule has 0 bridgehead atoms. The average Bonchev–Trinajstić information content (AvgIpc) is 3.28. The molecule has 2 heterocycles. The van der Waals surface area contributed by atoms with Crippen molar-refractivity contribution in [3.05, 3.63) is 59.5 Å². The number of benzene rings is 2. The van der Waals surface area contributed by atoms with Crippen molar-refractivity contribution in [1.29, 1.82) is 0 Å². The van der Waals surface area contributed by atoms with Crippen LogP contribution in [0.15, 0.2) is 58.8 Å². The van der Waals surface area contributed by atoms with E-state index in [1.54, 1.807) is 23.1 Å². The molecule has 0 fully saturated rings. The van der Waals surface area contributed by atoms with Crippen molar-refractivity contribution < 1.29 is 4.79 Å². The number of carbonyl (C=O) groups is 1. The third kappa shape index (κ3) is 4.21. The minimum absolute atomic E-state index is 0.152. The molecule has 1 N–H and O–H groups in total. The first kappa shape index (κ1) is 18.2. The first-order valence-corrected chi connectivity index (χ1v) is 11.1. The Balaban J connectivity index is 1.48. The molecule has 136 valence electrons.